The van der Waals surface area contributed by atoms with E-state index < -0.39 is 6.04 Å². The highest BCUT2D eigenvalue weighted by atomic mass is 19.1. The number of carbonyl (C=O) groups excluding carboxylic acids is 2. The Kier molecular flexibility index (Phi) is 7.03. The van der Waals surface area contributed by atoms with E-state index in [1.807, 2.05) is 49.4 Å². The highest BCUT2D eigenvalue weighted by molar-refractivity contribution is 5.97. The molecule has 0 unspecified atom stereocenters. The van der Waals surface area contributed by atoms with Gasteiger partial charge < -0.3 is 15.5 Å². The lowest BCUT2D eigenvalue weighted by Crippen LogP contribution is -2.49. The van der Waals surface area contributed by atoms with Crippen molar-refractivity contribution < 1.29 is 14.0 Å². The lowest BCUT2D eigenvalue weighted by Gasteiger charge is -2.22. The summed E-state index contributed by atoms with van der Waals surface area (Å²) in [6, 6.07) is 21.1. The molecule has 0 saturated heterocycles. The zero-order valence-corrected chi connectivity index (χ0v) is 18.7. The van der Waals surface area contributed by atoms with Gasteiger partial charge in [-0.15, -0.1) is 0 Å². The largest absolute Gasteiger partial charge is 0.369 e. The van der Waals surface area contributed by atoms with Crippen LogP contribution in [0.3, 0.4) is 0 Å². The Morgan fingerprint density at radius 1 is 1.03 bits per heavy atom. The lowest BCUT2D eigenvalue weighted by atomic mass is 10.0. The van der Waals surface area contributed by atoms with Crippen molar-refractivity contribution in [2.24, 2.45) is 0 Å². The van der Waals surface area contributed by atoms with E-state index in [0.29, 0.717) is 25.1 Å². The number of benzene rings is 3. The lowest BCUT2D eigenvalue weighted by molar-refractivity contribution is -0.122. The van der Waals surface area contributed by atoms with Gasteiger partial charge >= 0.3 is 0 Å². The van der Waals surface area contributed by atoms with Gasteiger partial charge in [-0.3, -0.25) is 9.59 Å². The van der Waals surface area contributed by atoms with Crippen molar-refractivity contribution in [2.75, 3.05) is 24.5 Å². The van der Waals surface area contributed by atoms with Crippen molar-refractivity contribution in [2.45, 2.75) is 25.8 Å². The minimum Gasteiger partial charge on any atom is -0.369 e. The summed E-state index contributed by atoms with van der Waals surface area (Å²) in [7, 11) is 0. The molecule has 4 rings (SSSR count). The van der Waals surface area contributed by atoms with Gasteiger partial charge in [0.2, 0.25) is 5.91 Å². The van der Waals surface area contributed by atoms with Gasteiger partial charge in [-0.2, -0.15) is 0 Å². The summed E-state index contributed by atoms with van der Waals surface area (Å²) in [5.74, 6) is -0.722. The Labute approximate surface area is 193 Å². The minimum absolute atomic E-state index is 0.224. The molecule has 33 heavy (non-hydrogen) atoms. The summed E-state index contributed by atoms with van der Waals surface area (Å²) in [5, 5.41) is 5.87. The molecule has 1 aliphatic heterocycles. The molecule has 0 bridgehead atoms. The number of aryl methyl sites for hydroxylation is 1. The first-order valence-electron chi connectivity index (χ1n) is 11.2. The fourth-order valence-corrected chi connectivity index (χ4v) is 4.20. The molecule has 0 saturated carbocycles. The first-order chi connectivity index (χ1) is 16.0. The summed E-state index contributed by atoms with van der Waals surface area (Å²) >= 11 is 0. The van der Waals surface area contributed by atoms with E-state index in [1.54, 1.807) is 24.3 Å². The summed E-state index contributed by atoms with van der Waals surface area (Å²) < 4.78 is 13.5. The molecular weight excluding hydrogens is 417 g/mol. The van der Waals surface area contributed by atoms with Crippen molar-refractivity contribution in [3.8, 4) is 0 Å². The molecule has 1 aliphatic rings. The van der Waals surface area contributed by atoms with Crippen LogP contribution in [0.2, 0.25) is 0 Å². The third-order valence-electron chi connectivity index (χ3n) is 5.90. The van der Waals surface area contributed by atoms with Gasteiger partial charge in [0, 0.05) is 37.3 Å². The zero-order valence-electron chi connectivity index (χ0n) is 18.7. The maximum Gasteiger partial charge on any atom is 0.251 e. The van der Waals surface area contributed by atoms with Gasteiger partial charge in [-0.25, -0.2) is 4.39 Å². The van der Waals surface area contributed by atoms with E-state index in [0.717, 1.165) is 35.3 Å². The van der Waals surface area contributed by atoms with Crippen LogP contribution in [0.4, 0.5) is 10.1 Å². The van der Waals surface area contributed by atoms with Crippen LogP contribution in [0.1, 0.15) is 27.0 Å². The Morgan fingerprint density at radius 2 is 1.85 bits per heavy atom. The van der Waals surface area contributed by atoms with Crippen molar-refractivity contribution in [1.82, 2.24) is 10.6 Å². The van der Waals surface area contributed by atoms with Gasteiger partial charge in [0.15, 0.2) is 0 Å². The van der Waals surface area contributed by atoms with Gasteiger partial charge in [-0.05, 0) is 54.8 Å². The molecule has 0 spiro atoms. The van der Waals surface area contributed by atoms with Crippen molar-refractivity contribution >= 4 is 17.5 Å². The number of amides is 2. The van der Waals surface area contributed by atoms with Gasteiger partial charge in [0.25, 0.3) is 5.91 Å². The number of nitrogens with one attached hydrogen (secondary N) is 2. The second kappa shape index (κ2) is 10.3. The number of halogens is 1. The third kappa shape index (κ3) is 5.77. The van der Waals surface area contributed by atoms with Crippen LogP contribution in [0.25, 0.3) is 0 Å². The molecule has 6 heteroatoms. The number of fused-ring (bicyclic) bond motifs is 1. The maximum atomic E-state index is 13.5. The molecule has 3 aromatic carbocycles. The predicted octanol–water partition coefficient (Wildman–Crippen LogP) is 3.65. The SMILES string of the molecule is Cc1cccc(C(=O)N[C@@H](Cc2ccccc2)C(=O)NCCN2CCc3cc(F)ccc32)c1. The highest BCUT2D eigenvalue weighted by Crippen LogP contribution is 2.27. The fraction of sp³-hybridized carbons (Fsp3) is 0.259. The van der Waals surface area contributed by atoms with Gasteiger partial charge in [0.05, 0.1) is 0 Å². The van der Waals surface area contributed by atoms with Gasteiger partial charge in [0.1, 0.15) is 11.9 Å². The van der Waals surface area contributed by atoms with Crippen molar-refractivity contribution in [1.29, 1.82) is 0 Å². The Hall–Kier alpha value is -3.67. The molecule has 0 radical (unpaired) electrons. The number of hydrogen-bond donors (Lipinski definition) is 2. The molecule has 170 valence electrons. The van der Waals surface area contributed by atoms with Gasteiger partial charge in [-0.1, -0.05) is 48.0 Å². The van der Waals surface area contributed by atoms with E-state index in [2.05, 4.69) is 15.5 Å². The second-order valence-electron chi connectivity index (χ2n) is 8.39. The Morgan fingerprint density at radius 3 is 2.64 bits per heavy atom. The van der Waals surface area contributed by atoms with Crippen molar-refractivity contribution in [3.63, 3.8) is 0 Å². The highest BCUT2D eigenvalue weighted by Gasteiger charge is 2.23. The summed E-state index contributed by atoms with van der Waals surface area (Å²) in [4.78, 5) is 28.0. The summed E-state index contributed by atoms with van der Waals surface area (Å²) in [6.45, 7) is 3.78. The molecular formula is C27H28FN3O2. The Bertz CT molecular complexity index is 1130. The van der Waals surface area contributed by atoms with E-state index in [9.17, 15) is 14.0 Å². The average molecular weight is 446 g/mol. The summed E-state index contributed by atoms with van der Waals surface area (Å²) in [5.41, 5.74) is 4.49. The van der Waals surface area contributed by atoms with Crippen LogP contribution in [0, 0.1) is 12.7 Å². The van der Waals surface area contributed by atoms with Crippen LogP contribution in [-0.2, 0) is 17.6 Å². The molecule has 3 aromatic rings. The molecule has 1 heterocycles. The quantitative estimate of drug-likeness (QED) is 0.556. The van der Waals surface area contributed by atoms with E-state index in [1.165, 1.54) is 6.07 Å². The molecule has 5 nitrogen and oxygen atoms in total. The van der Waals surface area contributed by atoms with E-state index in [-0.39, 0.29) is 17.6 Å². The molecule has 2 N–H and O–H groups in total. The van der Waals surface area contributed by atoms with Crippen molar-refractivity contribution in [3.05, 3.63) is 101 Å². The summed E-state index contributed by atoms with van der Waals surface area (Å²) in [6.07, 6.45) is 1.19. The molecule has 0 aliphatic carbocycles. The van der Waals surface area contributed by atoms with Crippen LogP contribution in [-0.4, -0.2) is 37.5 Å². The van der Waals surface area contributed by atoms with E-state index >= 15 is 0 Å². The first kappa shape index (κ1) is 22.5. The number of rotatable bonds is 8. The number of hydrogen-bond acceptors (Lipinski definition) is 3. The molecule has 0 fully saturated rings. The Balaban J connectivity index is 1.39. The zero-order chi connectivity index (χ0) is 23.2. The van der Waals surface area contributed by atoms with Crippen LogP contribution >= 0.6 is 0 Å². The number of nitrogens with zero attached hydrogens (tertiary/aromatic N) is 1. The predicted molar refractivity (Wildman–Crippen MR) is 128 cm³/mol. The molecule has 2 amide bonds. The smallest absolute Gasteiger partial charge is 0.251 e. The van der Waals surface area contributed by atoms with Crippen LogP contribution in [0.5, 0.6) is 0 Å². The first-order valence-corrected chi connectivity index (χ1v) is 11.2. The van der Waals surface area contributed by atoms with Crippen LogP contribution in [0.15, 0.2) is 72.8 Å². The molecule has 0 aromatic heterocycles. The fourth-order valence-electron chi connectivity index (χ4n) is 4.20. The standard InChI is InChI=1S/C27H28FN3O2/c1-19-6-5-9-22(16-19)26(32)30-24(17-20-7-3-2-4-8-20)27(33)29-13-15-31-14-12-21-18-23(28)10-11-25(21)31/h2-11,16,18,24H,12-15,17H2,1H3,(H,29,33)(H,30,32)/t24-/m0/s1. The monoisotopic (exact) mass is 445 g/mol. The minimum atomic E-state index is -0.694. The third-order valence-corrected chi connectivity index (χ3v) is 5.90. The van der Waals surface area contributed by atoms with Crippen LogP contribution < -0.4 is 15.5 Å². The maximum absolute atomic E-state index is 13.5. The average Bonchev–Trinajstić information content (AvgIpc) is 3.21. The number of anilines is 1. The topological polar surface area (TPSA) is 61.4 Å². The molecule has 1 atom stereocenters. The number of carbonyl (C=O) groups is 2. The second-order valence-corrected chi connectivity index (χ2v) is 8.39. The normalized spacial score (nSPS) is 13.3. The van der Waals surface area contributed by atoms with E-state index in [4.69, 9.17) is 0 Å².